The van der Waals surface area contributed by atoms with Crippen LogP contribution in [0.15, 0.2) is 21.5 Å². The Balaban J connectivity index is 2.95. The average molecular weight is 377 g/mol. The molecule has 2 N–H and O–H groups in total. The molecule has 0 spiro atoms. The Hall–Kier alpha value is -0.430. The van der Waals surface area contributed by atoms with Crippen LogP contribution in [-0.4, -0.2) is 21.5 Å². The highest BCUT2D eigenvalue weighted by Gasteiger charge is 2.18. The van der Waals surface area contributed by atoms with E-state index in [0.717, 1.165) is 41.4 Å². The lowest BCUT2D eigenvalue weighted by Crippen LogP contribution is -2.26. The molecule has 0 bridgehead atoms. The molecule has 0 atom stereocenters. The van der Waals surface area contributed by atoms with Crippen LogP contribution >= 0.6 is 15.9 Å². The van der Waals surface area contributed by atoms with Crippen molar-refractivity contribution < 1.29 is 8.42 Å². The zero-order valence-electron chi connectivity index (χ0n) is 13.0. The first-order valence-corrected chi connectivity index (χ1v) is 9.69. The number of hydrogen-bond acceptors (Lipinski definition) is 3. The molecule has 0 radical (unpaired) electrons. The summed E-state index contributed by atoms with van der Waals surface area (Å²) in [6.45, 7) is 7.94. The third-order valence-corrected chi connectivity index (χ3v) is 5.71. The Morgan fingerprint density at radius 1 is 1.19 bits per heavy atom. The molecule has 6 heteroatoms. The fourth-order valence-corrected chi connectivity index (χ4v) is 4.04. The molecular formula is C15H25BrN2O2S. The first-order chi connectivity index (χ1) is 9.92. The van der Waals surface area contributed by atoms with Gasteiger partial charge in [0.25, 0.3) is 0 Å². The number of nitrogens with one attached hydrogen (secondary N) is 2. The second kappa shape index (κ2) is 8.88. The highest BCUT2D eigenvalue weighted by atomic mass is 79.9. The summed E-state index contributed by atoms with van der Waals surface area (Å²) in [7, 11) is -3.45. The van der Waals surface area contributed by atoms with E-state index >= 15 is 0 Å². The van der Waals surface area contributed by atoms with Crippen LogP contribution in [0.5, 0.6) is 0 Å². The summed E-state index contributed by atoms with van der Waals surface area (Å²) in [5.41, 5.74) is 1.71. The standard InChI is InChI=1S/C15H25BrN2O2S/c1-4-6-7-8-18-21(19,20)15-10-13(11-17-5-2)9-14(16)12(15)3/h9-10,17-18H,4-8,11H2,1-3H3. The zero-order valence-corrected chi connectivity index (χ0v) is 15.4. The molecule has 1 aromatic carbocycles. The van der Waals surface area contributed by atoms with Crippen LogP contribution in [0.2, 0.25) is 0 Å². The summed E-state index contributed by atoms with van der Waals surface area (Å²) in [5.74, 6) is 0. The van der Waals surface area contributed by atoms with Crippen LogP contribution in [-0.2, 0) is 16.6 Å². The lowest BCUT2D eigenvalue weighted by molar-refractivity contribution is 0.575. The first kappa shape index (κ1) is 18.6. The van der Waals surface area contributed by atoms with E-state index in [9.17, 15) is 8.42 Å². The van der Waals surface area contributed by atoms with Crippen LogP contribution in [0.4, 0.5) is 0 Å². The largest absolute Gasteiger partial charge is 0.313 e. The van der Waals surface area contributed by atoms with E-state index in [1.165, 1.54) is 0 Å². The van der Waals surface area contributed by atoms with Crippen LogP contribution in [0.3, 0.4) is 0 Å². The Kier molecular flexibility index (Phi) is 7.87. The van der Waals surface area contributed by atoms with Gasteiger partial charge in [-0.1, -0.05) is 42.6 Å². The number of hydrogen-bond donors (Lipinski definition) is 2. The van der Waals surface area contributed by atoms with E-state index in [-0.39, 0.29) is 0 Å². The summed E-state index contributed by atoms with van der Waals surface area (Å²) in [6.07, 6.45) is 2.98. The van der Waals surface area contributed by atoms with Gasteiger partial charge < -0.3 is 5.32 Å². The summed E-state index contributed by atoms with van der Waals surface area (Å²) < 4.78 is 28.4. The number of sulfonamides is 1. The molecule has 0 fully saturated rings. The predicted octanol–water partition coefficient (Wildman–Crippen LogP) is 3.34. The molecule has 0 aliphatic rings. The van der Waals surface area contributed by atoms with Crippen molar-refractivity contribution in [3.63, 3.8) is 0 Å². The van der Waals surface area contributed by atoms with Gasteiger partial charge in [0, 0.05) is 17.6 Å². The molecule has 1 rings (SSSR count). The molecule has 1 aromatic rings. The molecule has 0 aromatic heterocycles. The average Bonchev–Trinajstić information content (AvgIpc) is 2.44. The maximum absolute atomic E-state index is 12.4. The molecule has 0 unspecified atom stereocenters. The minimum Gasteiger partial charge on any atom is -0.313 e. The lowest BCUT2D eigenvalue weighted by Gasteiger charge is -2.13. The Labute approximate surface area is 136 Å². The third-order valence-electron chi connectivity index (χ3n) is 3.30. The van der Waals surface area contributed by atoms with Crippen molar-refractivity contribution >= 4 is 26.0 Å². The van der Waals surface area contributed by atoms with Crippen LogP contribution < -0.4 is 10.0 Å². The normalized spacial score (nSPS) is 11.8. The van der Waals surface area contributed by atoms with Gasteiger partial charge in [-0.05, 0) is 43.1 Å². The van der Waals surface area contributed by atoms with Crippen molar-refractivity contribution in [1.82, 2.24) is 10.0 Å². The van der Waals surface area contributed by atoms with Gasteiger partial charge in [0.1, 0.15) is 0 Å². The minimum absolute atomic E-state index is 0.362. The van der Waals surface area contributed by atoms with E-state index in [0.29, 0.717) is 18.0 Å². The number of halogens is 1. The second-order valence-corrected chi connectivity index (χ2v) is 7.68. The smallest absolute Gasteiger partial charge is 0.240 e. The van der Waals surface area contributed by atoms with Crippen molar-refractivity contribution in [2.24, 2.45) is 0 Å². The maximum Gasteiger partial charge on any atom is 0.240 e. The molecular weight excluding hydrogens is 352 g/mol. The molecule has 0 saturated heterocycles. The van der Waals surface area contributed by atoms with E-state index in [4.69, 9.17) is 0 Å². The topological polar surface area (TPSA) is 58.2 Å². The van der Waals surface area contributed by atoms with E-state index < -0.39 is 10.0 Å². The molecule has 120 valence electrons. The van der Waals surface area contributed by atoms with Crippen molar-refractivity contribution in [2.75, 3.05) is 13.1 Å². The number of rotatable bonds is 9. The van der Waals surface area contributed by atoms with Crippen molar-refractivity contribution in [3.05, 3.63) is 27.7 Å². The Bertz CT molecular complexity index is 559. The molecule has 0 aliphatic carbocycles. The fourth-order valence-electron chi connectivity index (χ4n) is 2.02. The summed E-state index contributed by atoms with van der Waals surface area (Å²) in [6, 6.07) is 3.72. The van der Waals surface area contributed by atoms with Crippen molar-refractivity contribution in [3.8, 4) is 0 Å². The molecule has 0 amide bonds. The van der Waals surface area contributed by atoms with Gasteiger partial charge in [-0.25, -0.2) is 13.1 Å². The quantitative estimate of drug-likeness (QED) is 0.649. The molecule has 4 nitrogen and oxygen atoms in total. The van der Waals surface area contributed by atoms with Gasteiger partial charge in [0.15, 0.2) is 0 Å². The minimum atomic E-state index is -3.45. The predicted molar refractivity (Wildman–Crippen MR) is 91.0 cm³/mol. The highest BCUT2D eigenvalue weighted by molar-refractivity contribution is 9.10. The zero-order chi connectivity index (χ0) is 15.9. The summed E-state index contributed by atoms with van der Waals surface area (Å²) >= 11 is 3.45. The fraction of sp³-hybridized carbons (Fsp3) is 0.600. The number of benzene rings is 1. The SMILES string of the molecule is CCCCCNS(=O)(=O)c1cc(CNCC)cc(Br)c1C. The summed E-state index contributed by atoms with van der Waals surface area (Å²) in [4.78, 5) is 0.362. The Morgan fingerprint density at radius 3 is 2.52 bits per heavy atom. The van der Waals surface area contributed by atoms with Gasteiger partial charge in [-0.15, -0.1) is 0 Å². The van der Waals surface area contributed by atoms with Gasteiger partial charge in [-0.3, -0.25) is 0 Å². The molecule has 0 heterocycles. The van der Waals surface area contributed by atoms with E-state index in [1.54, 1.807) is 6.07 Å². The molecule has 21 heavy (non-hydrogen) atoms. The van der Waals surface area contributed by atoms with Crippen LogP contribution in [0.25, 0.3) is 0 Å². The Morgan fingerprint density at radius 2 is 1.90 bits per heavy atom. The van der Waals surface area contributed by atoms with Crippen LogP contribution in [0, 0.1) is 6.92 Å². The number of unbranched alkanes of at least 4 members (excludes halogenated alkanes) is 2. The third kappa shape index (κ3) is 5.70. The van der Waals surface area contributed by atoms with Crippen LogP contribution in [0.1, 0.15) is 44.2 Å². The van der Waals surface area contributed by atoms with Crippen molar-refractivity contribution in [2.45, 2.75) is 51.5 Å². The molecule has 0 aliphatic heterocycles. The van der Waals surface area contributed by atoms with Gasteiger partial charge in [0.2, 0.25) is 10.0 Å². The maximum atomic E-state index is 12.4. The second-order valence-electron chi connectivity index (χ2n) is 5.09. The summed E-state index contributed by atoms with van der Waals surface area (Å²) in [5, 5.41) is 3.21. The van der Waals surface area contributed by atoms with Crippen molar-refractivity contribution in [1.29, 1.82) is 0 Å². The monoisotopic (exact) mass is 376 g/mol. The van der Waals surface area contributed by atoms with Gasteiger partial charge in [0.05, 0.1) is 4.90 Å². The van der Waals surface area contributed by atoms with E-state index in [1.807, 2.05) is 19.9 Å². The van der Waals surface area contributed by atoms with Gasteiger partial charge in [-0.2, -0.15) is 0 Å². The van der Waals surface area contributed by atoms with Gasteiger partial charge >= 0.3 is 0 Å². The van der Waals surface area contributed by atoms with E-state index in [2.05, 4.69) is 32.9 Å². The lowest BCUT2D eigenvalue weighted by atomic mass is 10.1. The first-order valence-electron chi connectivity index (χ1n) is 7.41. The highest BCUT2D eigenvalue weighted by Crippen LogP contribution is 2.25. The molecule has 0 saturated carbocycles.